The van der Waals surface area contributed by atoms with Crippen LogP contribution in [0.4, 0.5) is 10.1 Å². The van der Waals surface area contributed by atoms with Gasteiger partial charge in [0.2, 0.25) is 5.91 Å². The van der Waals surface area contributed by atoms with E-state index in [1.807, 2.05) is 16.7 Å². The van der Waals surface area contributed by atoms with Gasteiger partial charge in [0.05, 0.1) is 33.8 Å². The number of rotatable bonds is 3. The molecule has 6 rings (SSSR count). The molecule has 0 atom stereocenters. The molecule has 7 nitrogen and oxygen atoms in total. The Balaban J connectivity index is 1.33. The van der Waals surface area contributed by atoms with Crippen molar-refractivity contribution in [3.63, 3.8) is 0 Å². The van der Waals surface area contributed by atoms with Gasteiger partial charge in [-0.2, -0.15) is 5.26 Å². The van der Waals surface area contributed by atoms with Gasteiger partial charge in [-0.3, -0.25) is 14.6 Å². The summed E-state index contributed by atoms with van der Waals surface area (Å²) in [6, 6.07) is 6.91. The van der Waals surface area contributed by atoms with Crippen molar-refractivity contribution in [2.24, 2.45) is 11.3 Å². The number of benzene rings is 1. The van der Waals surface area contributed by atoms with Gasteiger partial charge in [-0.25, -0.2) is 4.39 Å². The SMILES string of the molecule is CC1(C#N)CCN(c2c(C(=O)N3CCN(C(=O)C4CC4)C4(CC4)C3)cnc3ccc(F)cc23)CC1. The number of carbonyl (C=O) groups excluding carboxylic acids is 2. The zero-order valence-corrected chi connectivity index (χ0v) is 20.1. The second-order valence-corrected chi connectivity index (χ2v) is 11.1. The maximum Gasteiger partial charge on any atom is 0.257 e. The number of aromatic nitrogens is 1. The summed E-state index contributed by atoms with van der Waals surface area (Å²) < 4.78 is 14.3. The van der Waals surface area contributed by atoms with E-state index in [0.29, 0.717) is 67.7 Å². The molecule has 2 amide bonds. The number of hydrogen-bond acceptors (Lipinski definition) is 5. The lowest BCUT2D eigenvalue weighted by molar-refractivity contribution is -0.138. The molecule has 0 unspecified atom stereocenters. The second kappa shape index (κ2) is 7.91. The summed E-state index contributed by atoms with van der Waals surface area (Å²) in [7, 11) is 0. The molecule has 2 saturated heterocycles. The summed E-state index contributed by atoms with van der Waals surface area (Å²) in [6.45, 7) is 4.80. The molecule has 2 aliphatic carbocycles. The topological polar surface area (TPSA) is 80.5 Å². The van der Waals surface area contributed by atoms with Gasteiger partial charge in [-0.1, -0.05) is 0 Å². The van der Waals surface area contributed by atoms with Crippen LogP contribution in [0.2, 0.25) is 0 Å². The van der Waals surface area contributed by atoms with E-state index in [1.165, 1.54) is 12.1 Å². The quantitative estimate of drug-likeness (QED) is 0.676. The fourth-order valence-electron chi connectivity index (χ4n) is 5.77. The van der Waals surface area contributed by atoms with Crippen LogP contribution in [0.5, 0.6) is 0 Å². The van der Waals surface area contributed by atoms with Crippen LogP contribution in [0.1, 0.15) is 55.8 Å². The summed E-state index contributed by atoms with van der Waals surface area (Å²) in [5, 5.41) is 10.2. The third kappa shape index (κ3) is 3.81. The molecule has 2 saturated carbocycles. The van der Waals surface area contributed by atoms with Crippen molar-refractivity contribution >= 4 is 28.4 Å². The average molecular weight is 476 g/mol. The summed E-state index contributed by atoms with van der Waals surface area (Å²) in [5.74, 6) is -0.0451. The Morgan fingerprint density at radius 2 is 1.86 bits per heavy atom. The Morgan fingerprint density at radius 3 is 2.51 bits per heavy atom. The number of pyridine rings is 1. The fourth-order valence-corrected chi connectivity index (χ4v) is 5.77. The van der Waals surface area contributed by atoms with Gasteiger partial charge < -0.3 is 14.7 Å². The number of nitrogens with zero attached hydrogens (tertiary/aromatic N) is 5. The van der Waals surface area contributed by atoms with E-state index in [4.69, 9.17) is 0 Å². The fraction of sp³-hybridized carbons (Fsp3) is 0.556. The van der Waals surface area contributed by atoms with Crippen molar-refractivity contribution in [3.8, 4) is 6.07 Å². The Labute approximate surface area is 204 Å². The molecule has 1 spiro atoms. The van der Waals surface area contributed by atoms with Crippen molar-refractivity contribution in [3.05, 3.63) is 35.8 Å². The van der Waals surface area contributed by atoms with Crippen LogP contribution in [-0.4, -0.2) is 64.9 Å². The maximum absolute atomic E-state index is 14.3. The van der Waals surface area contributed by atoms with Crippen LogP contribution < -0.4 is 4.90 Å². The minimum Gasteiger partial charge on any atom is -0.370 e. The van der Waals surface area contributed by atoms with E-state index in [2.05, 4.69) is 16.0 Å². The van der Waals surface area contributed by atoms with Crippen LogP contribution in [-0.2, 0) is 4.79 Å². The number of carbonyl (C=O) groups is 2. The first-order chi connectivity index (χ1) is 16.8. The molecule has 8 heteroatoms. The van der Waals surface area contributed by atoms with Gasteiger partial charge in [0, 0.05) is 50.2 Å². The van der Waals surface area contributed by atoms with Crippen LogP contribution in [0, 0.1) is 28.5 Å². The molecular formula is C27H30FN5O2. The molecule has 0 N–H and O–H groups in total. The summed E-state index contributed by atoms with van der Waals surface area (Å²) >= 11 is 0. The van der Waals surface area contributed by atoms with Gasteiger partial charge in [0.15, 0.2) is 0 Å². The lowest BCUT2D eigenvalue weighted by Crippen LogP contribution is -2.58. The van der Waals surface area contributed by atoms with E-state index < -0.39 is 5.41 Å². The second-order valence-electron chi connectivity index (χ2n) is 11.1. The molecule has 182 valence electrons. The molecule has 1 aromatic heterocycles. The number of piperidine rings is 1. The van der Waals surface area contributed by atoms with E-state index in [0.717, 1.165) is 25.7 Å². The summed E-state index contributed by atoms with van der Waals surface area (Å²) in [5.41, 5.74) is 1.22. The highest BCUT2D eigenvalue weighted by molar-refractivity contribution is 6.07. The maximum atomic E-state index is 14.3. The molecule has 35 heavy (non-hydrogen) atoms. The normalized spacial score (nSPS) is 22.8. The molecule has 0 bridgehead atoms. The van der Waals surface area contributed by atoms with Crippen LogP contribution in [0.15, 0.2) is 24.4 Å². The van der Waals surface area contributed by atoms with Gasteiger partial charge >= 0.3 is 0 Å². The molecule has 2 aliphatic heterocycles. The van der Waals surface area contributed by atoms with Crippen molar-refractivity contribution < 1.29 is 14.0 Å². The number of halogens is 1. The van der Waals surface area contributed by atoms with E-state index in [-0.39, 0.29) is 29.1 Å². The largest absolute Gasteiger partial charge is 0.370 e. The predicted octanol–water partition coefficient (Wildman–Crippen LogP) is 3.73. The van der Waals surface area contributed by atoms with E-state index in [1.54, 1.807) is 12.3 Å². The highest BCUT2D eigenvalue weighted by Crippen LogP contribution is 2.47. The first-order valence-electron chi connectivity index (χ1n) is 12.7. The minimum absolute atomic E-state index is 0.114. The first kappa shape index (κ1) is 22.3. The first-order valence-corrected chi connectivity index (χ1v) is 12.7. The third-order valence-corrected chi connectivity index (χ3v) is 8.44. The standard InChI is InChI=1S/C27H30FN5O2/c1-26(16-29)8-10-31(11-9-26)23-20-14-19(28)4-5-22(20)30-15-21(23)25(35)32-12-13-33(24(34)18-2-3-18)27(17-32)6-7-27/h4-5,14-15,18H,2-3,6-13,17H2,1H3. The molecule has 4 fully saturated rings. The Morgan fingerprint density at radius 1 is 1.11 bits per heavy atom. The zero-order chi connectivity index (χ0) is 24.4. The highest BCUT2D eigenvalue weighted by atomic mass is 19.1. The van der Waals surface area contributed by atoms with Gasteiger partial charge in [-0.05, 0) is 63.6 Å². The van der Waals surface area contributed by atoms with Crippen molar-refractivity contribution in [2.75, 3.05) is 37.6 Å². The number of nitriles is 1. The Bertz CT molecular complexity index is 1250. The minimum atomic E-state index is -0.391. The highest BCUT2D eigenvalue weighted by Gasteiger charge is 2.55. The number of anilines is 1. The molecule has 0 radical (unpaired) electrons. The van der Waals surface area contributed by atoms with Crippen LogP contribution in [0.3, 0.4) is 0 Å². The van der Waals surface area contributed by atoms with Crippen molar-refractivity contribution in [1.29, 1.82) is 5.26 Å². The van der Waals surface area contributed by atoms with Crippen molar-refractivity contribution in [2.45, 2.75) is 51.0 Å². The number of fused-ring (bicyclic) bond motifs is 1. The van der Waals surface area contributed by atoms with Gasteiger partial charge in [0.1, 0.15) is 5.82 Å². The average Bonchev–Trinajstić information content (AvgIpc) is 3.80. The summed E-state index contributed by atoms with van der Waals surface area (Å²) in [6.07, 6.45) is 6.82. The number of hydrogen-bond donors (Lipinski definition) is 0. The van der Waals surface area contributed by atoms with E-state index >= 15 is 0 Å². The molecule has 4 aliphatic rings. The number of amides is 2. The molecule has 3 heterocycles. The molecule has 2 aromatic rings. The van der Waals surface area contributed by atoms with Gasteiger partial charge in [0.25, 0.3) is 5.91 Å². The van der Waals surface area contributed by atoms with Crippen LogP contribution in [0.25, 0.3) is 10.9 Å². The summed E-state index contributed by atoms with van der Waals surface area (Å²) in [4.78, 5) is 37.3. The lowest BCUT2D eigenvalue weighted by Gasteiger charge is -2.43. The lowest BCUT2D eigenvalue weighted by atomic mass is 9.81. The molecular weight excluding hydrogens is 445 g/mol. The Hall–Kier alpha value is -3.21. The monoisotopic (exact) mass is 475 g/mol. The van der Waals surface area contributed by atoms with Crippen molar-refractivity contribution in [1.82, 2.24) is 14.8 Å². The van der Waals surface area contributed by atoms with E-state index in [9.17, 15) is 19.2 Å². The van der Waals surface area contributed by atoms with Crippen LogP contribution >= 0.6 is 0 Å². The Kier molecular flexibility index (Phi) is 5.03. The number of piperazine rings is 1. The molecule has 1 aromatic carbocycles. The zero-order valence-electron chi connectivity index (χ0n) is 20.1. The van der Waals surface area contributed by atoms with Gasteiger partial charge in [-0.15, -0.1) is 0 Å². The smallest absolute Gasteiger partial charge is 0.257 e. The third-order valence-electron chi connectivity index (χ3n) is 8.44. The predicted molar refractivity (Wildman–Crippen MR) is 129 cm³/mol.